The second-order valence-electron chi connectivity index (χ2n) is 8.69. The Morgan fingerprint density at radius 3 is 2.44 bits per heavy atom. The van der Waals surface area contributed by atoms with E-state index in [0.717, 1.165) is 5.69 Å². The van der Waals surface area contributed by atoms with Crippen LogP contribution in [0.25, 0.3) is 11.1 Å². The van der Waals surface area contributed by atoms with Gasteiger partial charge in [0.2, 0.25) is 15.9 Å². The first-order valence-corrected chi connectivity index (χ1v) is 12.8. The van der Waals surface area contributed by atoms with Gasteiger partial charge in [-0.15, -0.1) is 0 Å². The number of hydrogen-bond acceptors (Lipinski definition) is 6. The van der Waals surface area contributed by atoms with Crippen LogP contribution in [-0.4, -0.2) is 56.0 Å². The Labute approximate surface area is 202 Å². The summed E-state index contributed by atoms with van der Waals surface area (Å²) < 4.78 is 35.2. The number of carbonyl (C=O) groups is 1. The molecule has 1 atom stereocenters. The highest BCUT2D eigenvalue weighted by Gasteiger charge is 2.33. The van der Waals surface area contributed by atoms with E-state index in [1.807, 2.05) is 24.3 Å². The minimum Gasteiger partial charge on any atom is -0.408 e. The van der Waals surface area contributed by atoms with Gasteiger partial charge in [0.1, 0.15) is 6.04 Å². The summed E-state index contributed by atoms with van der Waals surface area (Å²) in [4.78, 5) is 28.8. The molecule has 2 aromatic carbocycles. The number of carbonyl (C=O) groups excluding carboxylic acids is 1. The van der Waals surface area contributed by atoms with E-state index < -0.39 is 21.8 Å². The number of halogens is 1. The predicted molar refractivity (Wildman–Crippen MR) is 131 cm³/mol. The maximum atomic E-state index is 13.3. The Balaban J connectivity index is 1.48. The summed E-state index contributed by atoms with van der Waals surface area (Å²) in [5, 5.41) is 0.651. The van der Waals surface area contributed by atoms with Crippen molar-refractivity contribution in [3.05, 3.63) is 58.0 Å². The second-order valence-corrected chi connectivity index (χ2v) is 10.8. The molecule has 0 aliphatic carbocycles. The number of aryl methyl sites for hydroxylation is 1. The van der Waals surface area contributed by atoms with Crippen molar-refractivity contribution in [1.29, 1.82) is 0 Å². The van der Waals surface area contributed by atoms with E-state index in [0.29, 0.717) is 36.7 Å². The van der Waals surface area contributed by atoms with Gasteiger partial charge in [-0.25, -0.2) is 13.2 Å². The maximum absolute atomic E-state index is 13.3. The molecule has 34 heavy (non-hydrogen) atoms. The SMILES string of the molecule is CC(C)[C@H](NS(=O)(=O)c1ccc2c(c1)oc(=O)n2C)C(=O)N1CCN(c2cccc(Cl)c2)CC1. The number of anilines is 1. The van der Waals surface area contributed by atoms with Crippen LogP contribution in [0.1, 0.15) is 13.8 Å². The molecular weight excluding hydrogens is 480 g/mol. The van der Waals surface area contributed by atoms with Crippen LogP contribution in [0.5, 0.6) is 0 Å². The van der Waals surface area contributed by atoms with E-state index in [2.05, 4.69) is 9.62 Å². The molecule has 4 rings (SSSR count). The number of oxazole rings is 1. The van der Waals surface area contributed by atoms with E-state index in [1.54, 1.807) is 25.8 Å². The Bertz CT molecular complexity index is 1370. The summed E-state index contributed by atoms with van der Waals surface area (Å²) >= 11 is 6.09. The number of sulfonamides is 1. The van der Waals surface area contributed by atoms with Gasteiger partial charge in [0.05, 0.1) is 10.4 Å². The molecule has 0 radical (unpaired) electrons. The van der Waals surface area contributed by atoms with Crippen molar-refractivity contribution in [2.24, 2.45) is 13.0 Å². The number of piperazine rings is 1. The molecule has 1 aliphatic rings. The van der Waals surface area contributed by atoms with Gasteiger partial charge in [0.25, 0.3) is 0 Å². The highest BCUT2D eigenvalue weighted by Crippen LogP contribution is 2.22. The van der Waals surface area contributed by atoms with E-state index in [1.165, 1.54) is 22.8 Å². The molecule has 1 aromatic heterocycles. The Hall–Kier alpha value is -2.82. The highest BCUT2D eigenvalue weighted by atomic mass is 35.5. The monoisotopic (exact) mass is 506 g/mol. The summed E-state index contributed by atoms with van der Waals surface area (Å²) in [6.45, 7) is 5.77. The van der Waals surface area contributed by atoms with E-state index >= 15 is 0 Å². The van der Waals surface area contributed by atoms with Crippen molar-refractivity contribution in [2.45, 2.75) is 24.8 Å². The summed E-state index contributed by atoms with van der Waals surface area (Å²) in [6, 6.07) is 10.8. The normalized spacial score (nSPS) is 15.8. The second kappa shape index (κ2) is 9.44. The number of nitrogens with zero attached hydrogens (tertiary/aromatic N) is 3. The third-order valence-electron chi connectivity index (χ3n) is 6.05. The van der Waals surface area contributed by atoms with Crippen LogP contribution in [0.3, 0.4) is 0 Å². The quantitative estimate of drug-likeness (QED) is 0.550. The fraction of sp³-hybridized carbons (Fsp3) is 0.391. The highest BCUT2D eigenvalue weighted by molar-refractivity contribution is 7.89. The number of fused-ring (bicyclic) bond motifs is 1. The first-order valence-electron chi connectivity index (χ1n) is 11.0. The van der Waals surface area contributed by atoms with Crippen molar-refractivity contribution in [1.82, 2.24) is 14.2 Å². The molecule has 1 aliphatic heterocycles. The molecule has 1 fully saturated rings. The third kappa shape index (κ3) is 4.84. The van der Waals surface area contributed by atoms with Gasteiger partial charge in [-0.1, -0.05) is 31.5 Å². The standard InChI is InChI=1S/C23H27ClN4O5S/c1-15(2)21(22(29)28-11-9-27(10-12-28)17-6-4-5-16(24)13-17)25-34(31,32)18-7-8-19-20(14-18)33-23(30)26(19)3/h4-8,13-15,21,25H,9-12H2,1-3H3/t21-/m0/s1. The van der Waals surface area contributed by atoms with Crippen molar-refractivity contribution in [2.75, 3.05) is 31.1 Å². The van der Waals surface area contributed by atoms with Gasteiger partial charge in [0.15, 0.2) is 5.58 Å². The minimum atomic E-state index is -4.04. The number of hydrogen-bond donors (Lipinski definition) is 1. The largest absolute Gasteiger partial charge is 0.419 e. The molecule has 1 N–H and O–H groups in total. The fourth-order valence-corrected chi connectivity index (χ4v) is 5.58. The fourth-order valence-electron chi connectivity index (χ4n) is 4.04. The molecule has 3 aromatic rings. The number of nitrogens with one attached hydrogen (secondary N) is 1. The topological polar surface area (TPSA) is 105 Å². The predicted octanol–water partition coefficient (Wildman–Crippen LogP) is 2.44. The summed E-state index contributed by atoms with van der Waals surface area (Å²) in [7, 11) is -2.49. The van der Waals surface area contributed by atoms with Crippen molar-refractivity contribution in [3.63, 3.8) is 0 Å². The van der Waals surface area contributed by atoms with Crippen LogP contribution in [-0.2, 0) is 21.9 Å². The van der Waals surface area contributed by atoms with Crippen LogP contribution in [0.15, 0.2) is 56.6 Å². The van der Waals surface area contributed by atoms with Crippen molar-refractivity contribution >= 4 is 44.3 Å². The summed E-state index contributed by atoms with van der Waals surface area (Å²) in [6.07, 6.45) is 0. The molecule has 182 valence electrons. The zero-order chi connectivity index (χ0) is 24.6. The third-order valence-corrected chi connectivity index (χ3v) is 7.73. The van der Waals surface area contributed by atoms with Crippen molar-refractivity contribution in [3.8, 4) is 0 Å². The van der Waals surface area contributed by atoms with Crippen molar-refractivity contribution < 1.29 is 17.6 Å². The number of benzene rings is 2. The smallest absolute Gasteiger partial charge is 0.408 e. The van der Waals surface area contributed by atoms with Gasteiger partial charge in [-0.3, -0.25) is 9.36 Å². The molecule has 9 nitrogen and oxygen atoms in total. The average molecular weight is 507 g/mol. The lowest BCUT2D eigenvalue weighted by atomic mass is 10.0. The molecule has 1 saturated heterocycles. The molecule has 0 saturated carbocycles. The molecular formula is C23H27ClN4O5S. The Morgan fingerprint density at radius 2 is 1.79 bits per heavy atom. The van der Waals surface area contributed by atoms with Crippen LogP contribution in [0, 0.1) is 5.92 Å². The molecule has 1 amide bonds. The first-order chi connectivity index (χ1) is 16.1. The number of aromatic nitrogens is 1. The lowest BCUT2D eigenvalue weighted by Gasteiger charge is -2.38. The van der Waals surface area contributed by atoms with Crippen LogP contribution >= 0.6 is 11.6 Å². The number of amides is 1. The van der Waals surface area contributed by atoms with Gasteiger partial charge >= 0.3 is 5.76 Å². The van der Waals surface area contributed by atoms with E-state index in [4.69, 9.17) is 16.0 Å². The van der Waals surface area contributed by atoms with Gasteiger partial charge in [-0.2, -0.15) is 4.72 Å². The molecule has 0 unspecified atom stereocenters. The Morgan fingerprint density at radius 1 is 1.09 bits per heavy atom. The lowest BCUT2D eigenvalue weighted by molar-refractivity contribution is -0.134. The molecule has 0 bridgehead atoms. The van der Waals surface area contributed by atoms with Crippen LogP contribution in [0.4, 0.5) is 5.69 Å². The number of rotatable bonds is 6. The zero-order valence-corrected chi connectivity index (χ0v) is 20.8. The van der Waals surface area contributed by atoms with E-state index in [9.17, 15) is 18.0 Å². The molecule has 0 spiro atoms. The minimum absolute atomic E-state index is 0.0708. The Kier molecular flexibility index (Phi) is 6.75. The maximum Gasteiger partial charge on any atom is 0.419 e. The van der Waals surface area contributed by atoms with Crippen LogP contribution < -0.4 is 15.4 Å². The summed E-state index contributed by atoms with van der Waals surface area (Å²) in [5.41, 5.74) is 1.64. The zero-order valence-electron chi connectivity index (χ0n) is 19.2. The molecule has 2 heterocycles. The molecule has 11 heteroatoms. The van der Waals surface area contributed by atoms with Crippen LogP contribution in [0.2, 0.25) is 5.02 Å². The van der Waals surface area contributed by atoms with Gasteiger partial charge in [0, 0.05) is 50.0 Å². The average Bonchev–Trinajstić information content (AvgIpc) is 3.10. The summed E-state index contributed by atoms with van der Waals surface area (Å²) in [5.74, 6) is -1.12. The lowest BCUT2D eigenvalue weighted by Crippen LogP contribution is -2.56. The van der Waals surface area contributed by atoms with Gasteiger partial charge in [-0.05, 0) is 36.2 Å². The van der Waals surface area contributed by atoms with Gasteiger partial charge < -0.3 is 14.2 Å². The van der Waals surface area contributed by atoms with E-state index in [-0.39, 0.29) is 22.3 Å². The first kappa shape index (κ1) is 24.3.